The van der Waals surface area contributed by atoms with Gasteiger partial charge in [-0.1, -0.05) is 19.3 Å². The van der Waals surface area contributed by atoms with Gasteiger partial charge >= 0.3 is 0 Å². The van der Waals surface area contributed by atoms with E-state index in [2.05, 4.69) is 4.84 Å². The van der Waals surface area contributed by atoms with Crippen LogP contribution < -0.4 is 5.90 Å². The molecule has 0 heterocycles. The van der Waals surface area contributed by atoms with E-state index >= 15 is 0 Å². The number of hydrogen-bond acceptors (Lipinski definition) is 2. The molecule has 0 aromatic rings. The minimum Gasteiger partial charge on any atom is -0.302 e. The van der Waals surface area contributed by atoms with Gasteiger partial charge in [-0.2, -0.15) is 0 Å². The van der Waals surface area contributed by atoms with Crippen molar-refractivity contribution in [1.29, 1.82) is 0 Å². The topological polar surface area (TPSA) is 35.2 Å². The van der Waals surface area contributed by atoms with Crippen molar-refractivity contribution in [3.05, 3.63) is 0 Å². The summed E-state index contributed by atoms with van der Waals surface area (Å²) >= 11 is 0. The first-order valence-electron chi connectivity index (χ1n) is 4.30. The summed E-state index contributed by atoms with van der Waals surface area (Å²) in [5.41, 5.74) is 0. The number of alkyl halides is 1. The molecule has 0 bridgehead atoms. The SMILES string of the molecule is NOCC(F)C1CCCCC1. The molecule has 1 aliphatic carbocycles. The summed E-state index contributed by atoms with van der Waals surface area (Å²) in [5, 5.41) is 0. The number of rotatable bonds is 3. The molecular weight excluding hydrogens is 145 g/mol. The maximum absolute atomic E-state index is 13.1. The van der Waals surface area contributed by atoms with E-state index in [-0.39, 0.29) is 12.5 Å². The molecule has 0 aliphatic heterocycles. The van der Waals surface area contributed by atoms with Crippen LogP contribution >= 0.6 is 0 Å². The van der Waals surface area contributed by atoms with Gasteiger partial charge in [0, 0.05) is 0 Å². The third-order valence-corrected chi connectivity index (χ3v) is 2.42. The highest BCUT2D eigenvalue weighted by Gasteiger charge is 2.22. The van der Waals surface area contributed by atoms with Gasteiger partial charge in [0.25, 0.3) is 0 Å². The second kappa shape index (κ2) is 4.67. The highest BCUT2D eigenvalue weighted by atomic mass is 19.1. The lowest BCUT2D eigenvalue weighted by Gasteiger charge is -2.23. The van der Waals surface area contributed by atoms with Gasteiger partial charge in [-0.15, -0.1) is 0 Å². The van der Waals surface area contributed by atoms with Crippen molar-refractivity contribution < 1.29 is 9.23 Å². The van der Waals surface area contributed by atoms with Crippen molar-refractivity contribution in [2.75, 3.05) is 6.61 Å². The second-order valence-electron chi connectivity index (χ2n) is 3.25. The average Bonchev–Trinajstić information content (AvgIpc) is 2.07. The van der Waals surface area contributed by atoms with Gasteiger partial charge < -0.3 is 4.84 Å². The Morgan fingerprint density at radius 3 is 2.55 bits per heavy atom. The Morgan fingerprint density at radius 1 is 1.36 bits per heavy atom. The largest absolute Gasteiger partial charge is 0.302 e. The van der Waals surface area contributed by atoms with Crippen LogP contribution in [0.4, 0.5) is 4.39 Å². The average molecular weight is 161 g/mol. The van der Waals surface area contributed by atoms with Gasteiger partial charge in [0.1, 0.15) is 6.17 Å². The van der Waals surface area contributed by atoms with E-state index in [9.17, 15) is 4.39 Å². The minimum atomic E-state index is -0.847. The predicted octanol–water partition coefficient (Wildman–Crippen LogP) is 1.80. The molecule has 0 saturated heterocycles. The van der Waals surface area contributed by atoms with E-state index in [0.717, 1.165) is 25.7 Å². The molecule has 1 saturated carbocycles. The van der Waals surface area contributed by atoms with Crippen molar-refractivity contribution in [2.24, 2.45) is 11.8 Å². The summed E-state index contributed by atoms with van der Waals surface area (Å²) in [6, 6.07) is 0. The van der Waals surface area contributed by atoms with Crippen molar-refractivity contribution in [1.82, 2.24) is 0 Å². The van der Waals surface area contributed by atoms with Crippen molar-refractivity contribution in [2.45, 2.75) is 38.3 Å². The van der Waals surface area contributed by atoms with Crippen LogP contribution in [0.15, 0.2) is 0 Å². The molecule has 0 aromatic heterocycles. The third kappa shape index (κ3) is 2.75. The number of halogens is 1. The van der Waals surface area contributed by atoms with E-state index in [1.807, 2.05) is 0 Å². The predicted molar refractivity (Wildman–Crippen MR) is 41.6 cm³/mol. The zero-order valence-electron chi connectivity index (χ0n) is 6.76. The molecule has 0 aromatic carbocycles. The van der Waals surface area contributed by atoms with E-state index in [4.69, 9.17) is 5.90 Å². The molecule has 2 N–H and O–H groups in total. The summed E-state index contributed by atoms with van der Waals surface area (Å²) in [6.07, 6.45) is 4.74. The smallest absolute Gasteiger partial charge is 0.128 e. The van der Waals surface area contributed by atoms with Crippen LogP contribution in [0.3, 0.4) is 0 Å². The molecule has 1 rings (SSSR count). The van der Waals surface area contributed by atoms with Gasteiger partial charge in [0.05, 0.1) is 6.61 Å². The Kier molecular flexibility index (Phi) is 3.80. The van der Waals surface area contributed by atoms with Crippen LogP contribution in [-0.4, -0.2) is 12.8 Å². The number of nitrogens with two attached hydrogens (primary N) is 1. The fraction of sp³-hybridized carbons (Fsp3) is 1.00. The van der Waals surface area contributed by atoms with Crippen LogP contribution in [0.25, 0.3) is 0 Å². The molecule has 66 valence electrons. The Bertz CT molecular complexity index is 104. The van der Waals surface area contributed by atoms with Crippen LogP contribution in [-0.2, 0) is 4.84 Å². The summed E-state index contributed by atoms with van der Waals surface area (Å²) in [4.78, 5) is 4.28. The van der Waals surface area contributed by atoms with Gasteiger partial charge in [-0.3, -0.25) is 0 Å². The van der Waals surface area contributed by atoms with E-state index in [1.165, 1.54) is 6.42 Å². The quantitative estimate of drug-likeness (QED) is 0.640. The molecule has 0 radical (unpaired) electrons. The van der Waals surface area contributed by atoms with Crippen LogP contribution in [0.5, 0.6) is 0 Å². The fourth-order valence-electron chi connectivity index (χ4n) is 1.72. The lowest BCUT2D eigenvalue weighted by Crippen LogP contribution is -2.25. The summed E-state index contributed by atoms with van der Waals surface area (Å²) in [7, 11) is 0. The maximum atomic E-state index is 13.1. The molecule has 11 heavy (non-hydrogen) atoms. The lowest BCUT2D eigenvalue weighted by molar-refractivity contribution is 0.0444. The molecule has 1 unspecified atom stereocenters. The molecule has 0 amide bonds. The monoisotopic (exact) mass is 161 g/mol. The van der Waals surface area contributed by atoms with Crippen molar-refractivity contribution in [3.8, 4) is 0 Å². The second-order valence-corrected chi connectivity index (χ2v) is 3.25. The first-order valence-corrected chi connectivity index (χ1v) is 4.30. The minimum absolute atomic E-state index is 0.0602. The zero-order valence-corrected chi connectivity index (χ0v) is 6.76. The normalized spacial score (nSPS) is 23.5. The first kappa shape index (κ1) is 8.94. The van der Waals surface area contributed by atoms with E-state index in [0.29, 0.717) is 0 Å². The van der Waals surface area contributed by atoms with Crippen LogP contribution in [0.1, 0.15) is 32.1 Å². The molecule has 0 spiro atoms. The highest BCUT2D eigenvalue weighted by molar-refractivity contribution is 4.72. The van der Waals surface area contributed by atoms with Gasteiger partial charge in [0.2, 0.25) is 0 Å². The molecular formula is C8H16FNO. The molecule has 1 aliphatic rings. The summed E-state index contributed by atoms with van der Waals surface area (Å²) in [5.74, 6) is 5.00. The Morgan fingerprint density at radius 2 is 2.00 bits per heavy atom. The number of hydrogen-bond donors (Lipinski definition) is 1. The Hall–Kier alpha value is -0.150. The molecule has 1 fully saturated rings. The third-order valence-electron chi connectivity index (χ3n) is 2.42. The highest BCUT2D eigenvalue weighted by Crippen LogP contribution is 2.27. The first-order chi connectivity index (χ1) is 5.34. The van der Waals surface area contributed by atoms with Crippen molar-refractivity contribution >= 4 is 0 Å². The zero-order chi connectivity index (χ0) is 8.10. The van der Waals surface area contributed by atoms with E-state index < -0.39 is 6.17 Å². The van der Waals surface area contributed by atoms with Gasteiger partial charge in [-0.05, 0) is 18.8 Å². The molecule has 1 atom stereocenters. The van der Waals surface area contributed by atoms with Gasteiger partial charge in [-0.25, -0.2) is 10.3 Å². The standard InChI is InChI=1S/C8H16FNO/c9-8(6-11-10)7-4-2-1-3-5-7/h7-8H,1-6,10H2. The van der Waals surface area contributed by atoms with Gasteiger partial charge in [0.15, 0.2) is 0 Å². The summed E-state index contributed by atoms with van der Waals surface area (Å²) < 4.78 is 13.1. The Balaban J connectivity index is 2.21. The fourth-order valence-corrected chi connectivity index (χ4v) is 1.72. The van der Waals surface area contributed by atoms with Crippen LogP contribution in [0.2, 0.25) is 0 Å². The van der Waals surface area contributed by atoms with Crippen molar-refractivity contribution in [3.63, 3.8) is 0 Å². The molecule has 3 heteroatoms. The van der Waals surface area contributed by atoms with E-state index in [1.54, 1.807) is 0 Å². The summed E-state index contributed by atoms with van der Waals surface area (Å²) in [6.45, 7) is 0.0602. The molecule has 2 nitrogen and oxygen atoms in total. The maximum Gasteiger partial charge on any atom is 0.128 e. The Labute approximate surface area is 66.9 Å². The lowest BCUT2D eigenvalue weighted by atomic mass is 9.86. The van der Waals surface area contributed by atoms with Crippen LogP contribution in [0, 0.1) is 5.92 Å².